The highest BCUT2D eigenvalue weighted by Gasteiger charge is 2.45. The van der Waals surface area contributed by atoms with Gasteiger partial charge >= 0.3 is 0 Å². The van der Waals surface area contributed by atoms with Gasteiger partial charge in [0.15, 0.2) is 0 Å². The van der Waals surface area contributed by atoms with E-state index in [-0.39, 0.29) is 61.5 Å². The first-order chi connectivity index (χ1) is 62.0. The maximum Gasteiger partial charge on any atom is 0.0645 e. The highest BCUT2D eigenvalue weighted by Crippen LogP contribution is 2.65. The van der Waals surface area contributed by atoms with E-state index in [1.807, 2.05) is 90.1 Å². The predicted molar refractivity (Wildman–Crippen MR) is 412 cm³/mol. The van der Waals surface area contributed by atoms with Gasteiger partial charge in [0.2, 0.25) is 0 Å². The van der Waals surface area contributed by atoms with Gasteiger partial charge in [-0.1, -0.05) is 314 Å². The van der Waals surface area contributed by atoms with Crippen molar-refractivity contribution in [2.75, 3.05) is 9.80 Å². The molecule has 3 heteroatoms. The van der Waals surface area contributed by atoms with Crippen molar-refractivity contribution >= 4 is 55.9 Å². The average molecular weight is 1290 g/mol. The molecular weight excluding hydrogens is 1180 g/mol. The second-order valence-corrected chi connectivity index (χ2v) is 26.6. The summed E-state index contributed by atoms with van der Waals surface area (Å²) in [7, 11) is 0. The Kier molecular flexibility index (Phi) is 7.88. The Bertz CT molecular complexity index is 7330. The van der Waals surface area contributed by atoms with E-state index in [9.17, 15) is 38.4 Å². The van der Waals surface area contributed by atoms with Crippen LogP contribution in [0.5, 0.6) is 0 Å². The van der Waals surface area contributed by atoms with E-state index in [1.54, 1.807) is 42.5 Å². The van der Waals surface area contributed by atoms with Crippen LogP contribution in [0.1, 0.15) is 156 Å². The van der Waals surface area contributed by atoms with Crippen molar-refractivity contribution in [1.29, 1.82) is 0 Å². The van der Waals surface area contributed by atoms with Crippen molar-refractivity contribution in [1.82, 2.24) is 4.57 Å². The number of hydrogen-bond donors (Lipinski definition) is 0. The number of fused-ring (bicyclic) bond motifs is 9. The number of para-hydroxylation sites is 4. The summed E-state index contributed by atoms with van der Waals surface area (Å²) < 4.78 is 332. The summed E-state index contributed by atoms with van der Waals surface area (Å²) in [5, 5.41) is -0.757. The zero-order valence-electron chi connectivity index (χ0n) is 87.7. The summed E-state index contributed by atoms with van der Waals surface area (Å²) in [6, 6.07) is 1.54. The standard InChI is InChI=1S/C95H75N3/c1-94(2,3)70-54-68(55-71(59-70)95(4,5)6)65-49-52-85-82(56-65)90-81-51-50-72(96-83-47-25-23-41-79(83)80-42-24-26-48-84(80)96)60-86(81)98(93-77(63-33-15-9-16-34-63)45-28-46-78(93)64-35-17-10-18-36-64)88-58-69(89-73-39-21-19-37-66(73)53-67-38-20-22-40-74(67)89)57-87(91(88)90)97(85)92-75(61-29-11-7-12-30-61)43-27-44-76(92)62-31-13-8-14-32-62/h7-52,54-60,89-90H,53H2,1-6H3/i7D,8D,9D,10D,11D,12D,13D,14D,15D,16D,17D,18D,23D,24D,25D,26D,27D,28D,29D,30D,31D,32D,33D,34D,35D,36D,41D,42D,43D,44D,45D,46D,47D,48D. The lowest BCUT2D eigenvalue weighted by molar-refractivity contribution is 0.569. The van der Waals surface area contributed by atoms with E-state index >= 15 is 0 Å². The Hall–Kier alpha value is -11.5. The molecule has 15 aromatic rings. The molecule has 3 heterocycles. The highest BCUT2D eigenvalue weighted by molar-refractivity contribution is 6.10. The molecule has 3 nitrogen and oxygen atoms in total. The van der Waals surface area contributed by atoms with Crippen LogP contribution in [-0.2, 0) is 17.3 Å². The van der Waals surface area contributed by atoms with Gasteiger partial charge in [-0.3, -0.25) is 0 Å². The molecule has 1 aliphatic carbocycles. The molecule has 0 N–H and O–H groups in total. The van der Waals surface area contributed by atoms with Crippen molar-refractivity contribution < 1.29 is 46.6 Å². The molecule has 1 atom stereocenters. The van der Waals surface area contributed by atoms with Crippen LogP contribution in [0.25, 0.3) is 83.1 Å². The molecule has 470 valence electrons. The lowest BCUT2D eigenvalue weighted by atomic mass is 9.71. The number of nitrogens with zero attached hydrogens (tertiary/aromatic N) is 3. The third-order valence-corrected chi connectivity index (χ3v) is 19.0. The molecular formula is C95H75N3. The van der Waals surface area contributed by atoms with Crippen molar-refractivity contribution in [3.63, 3.8) is 0 Å². The van der Waals surface area contributed by atoms with Crippen LogP contribution in [0.4, 0.5) is 34.1 Å². The van der Waals surface area contributed by atoms with E-state index in [0.717, 1.165) is 22.3 Å². The third-order valence-electron chi connectivity index (χ3n) is 19.0. The van der Waals surface area contributed by atoms with Gasteiger partial charge in [-0.05, 0) is 149 Å². The lowest BCUT2D eigenvalue weighted by Gasteiger charge is -2.47. The Labute approximate surface area is 623 Å². The van der Waals surface area contributed by atoms with Crippen LogP contribution < -0.4 is 9.80 Å². The van der Waals surface area contributed by atoms with E-state index in [0.29, 0.717) is 28.7 Å². The van der Waals surface area contributed by atoms with Crippen molar-refractivity contribution in [3.05, 3.63) is 376 Å². The molecule has 3 aliphatic rings. The van der Waals surface area contributed by atoms with Crippen LogP contribution in [0.15, 0.2) is 321 Å². The molecule has 0 saturated carbocycles. The van der Waals surface area contributed by atoms with Crippen LogP contribution in [0, 0.1) is 0 Å². The first-order valence-electron chi connectivity index (χ1n) is 49.0. The van der Waals surface area contributed by atoms with Gasteiger partial charge in [0.1, 0.15) is 0 Å². The maximum absolute atomic E-state index is 10.6. The average Bonchev–Trinajstić information content (AvgIpc) is 0.695. The molecule has 0 spiro atoms. The minimum absolute atomic E-state index is 0.0106. The van der Waals surface area contributed by atoms with Gasteiger partial charge in [-0.15, -0.1) is 0 Å². The van der Waals surface area contributed by atoms with E-state index in [2.05, 4.69) is 6.07 Å². The Morgan fingerprint density at radius 2 is 0.765 bits per heavy atom. The quantitative estimate of drug-likeness (QED) is 0.143. The molecule has 0 saturated heterocycles. The van der Waals surface area contributed by atoms with Crippen LogP contribution in [0.3, 0.4) is 0 Å². The largest absolute Gasteiger partial charge is 0.309 e. The fraction of sp³-hybridized carbons (Fsp3) is 0.116. The Morgan fingerprint density at radius 1 is 0.327 bits per heavy atom. The zero-order valence-corrected chi connectivity index (χ0v) is 53.7. The molecule has 0 fully saturated rings. The number of anilines is 6. The van der Waals surface area contributed by atoms with Gasteiger partial charge < -0.3 is 14.4 Å². The van der Waals surface area contributed by atoms with Crippen molar-refractivity contribution in [2.24, 2.45) is 0 Å². The molecule has 98 heavy (non-hydrogen) atoms. The van der Waals surface area contributed by atoms with Gasteiger partial charge in [-0.2, -0.15) is 0 Å². The fourth-order valence-corrected chi connectivity index (χ4v) is 14.5. The minimum Gasteiger partial charge on any atom is -0.309 e. The summed E-state index contributed by atoms with van der Waals surface area (Å²) in [5.74, 6) is -2.53. The number of hydrogen-bond acceptors (Lipinski definition) is 2. The first-order valence-corrected chi connectivity index (χ1v) is 32.0. The van der Waals surface area contributed by atoms with E-state index in [1.165, 1.54) is 32.6 Å². The predicted octanol–water partition coefficient (Wildman–Crippen LogP) is 25.5. The van der Waals surface area contributed by atoms with Crippen molar-refractivity contribution in [3.8, 4) is 61.3 Å². The fourth-order valence-electron chi connectivity index (χ4n) is 14.5. The lowest BCUT2D eigenvalue weighted by Crippen LogP contribution is -2.31. The summed E-state index contributed by atoms with van der Waals surface area (Å²) in [6.07, 6.45) is 0.326. The van der Waals surface area contributed by atoms with E-state index in [4.69, 9.17) is 8.22 Å². The second-order valence-electron chi connectivity index (χ2n) is 26.6. The summed E-state index contributed by atoms with van der Waals surface area (Å²) in [6.45, 7) is 12.2. The minimum atomic E-state index is -1.48. The molecule has 0 radical (unpaired) electrons. The molecule has 1 unspecified atom stereocenters. The Morgan fingerprint density at radius 3 is 1.23 bits per heavy atom. The highest BCUT2D eigenvalue weighted by atomic mass is 15.2. The molecule has 14 aromatic carbocycles. The molecule has 0 amide bonds. The number of aromatic nitrogens is 1. The van der Waals surface area contributed by atoms with Gasteiger partial charge in [0.25, 0.3) is 0 Å². The normalized spacial score (nSPS) is 18.9. The molecule has 1 aromatic heterocycles. The number of rotatable bonds is 9. The van der Waals surface area contributed by atoms with Gasteiger partial charge in [0, 0.05) is 56.1 Å². The smallest absolute Gasteiger partial charge is 0.0645 e. The molecule has 0 bridgehead atoms. The Balaban J connectivity index is 1.17. The third kappa shape index (κ3) is 9.69. The molecule has 18 rings (SSSR count). The van der Waals surface area contributed by atoms with Crippen LogP contribution in [0.2, 0.25) is 0 Å². The summed E-state index contributed by atoms with van der Waals surface area (Å²) >= 11 is 0. The first kappa shape index (κ1) is 33.4. The van der Waals surface area contributed by atoms with Crippen LogP contribution in [-0.4, -0.2) is 4.57 Å². The number of benzene rings is 14. The monoisotopic (exact) mass is 1290 g/mol. The van der Waals surface area contributed by atoms with Gasteiger partial charge in [0.05, 0.1) is 91.8 Å². The van der Waals surface area contributed by atoms with Crippen molar-refractivity contribution in [2.45, 2.75) is 70.6 Å². The topological polar surface area (TPSA) is 11.4 Å². The van der Waals surface area contributed by atoms with E-state index < -0.39 is 295 Å². The van der Waals surface area contributed by atoms with Crippen LogP contribution >= 0.6 is 0 Å². The van der Waals surface area contributed by atoms with Gasteiger partial charge in [-0.25, -0.2) is 0 Å². The second kappa shape index (κ2) is 23.1. The SMILES string of the molecule is [2H]c1c([2H])c([2H])c(-c2c([2H])c([2H])c([2H])c(-c3c([2H])c([2H])c([2H])c([2H])c3[2H])c2N2c3ccc(-c4cc(C(C)(C)C)cc(C(C)(C)C)c4)cc3C3c4ccc(-n5c6c([2H])c([2H])c([2H])c([2H])c6c6c([2H])c([2H])c([2H])c([2H])c65)cc4N(c4c(-c5c([2H])c([2H])c([2H])c([2H])c5[2H])c([2H])c([2H])c([2H])c4-c4c([2H])c([2H])c([2H])c([2H])c4[2H])c4cc(C5c6ccccc6Cc6ccccc65)cc2c43)c([2H])c1[2H]. The molecule has 2 aliphatic heterocycles. The summed E-state index contributed by atoms with van der Waals surface area (Å²) in [5.41, 5.74) is -4.67. The summed E-state index contributed by atoms with van der Waals surface area (Å²) in [4.78, 5) is 2.76. The zero-order chi connectivity index (χ0) is 95.6. The maximum atomic E-state index is 10.6.